The molecule has 0 saturated carbocycles. The molecule has 0 aliphatic heterocycles. The Labute approximate surface area is 409 Å². The van der Waals surface area contributed by atoms with E-state index in [2.05, 4.69) is 13.8 Å². The molecule has 0 unspecified atom stereocenters. The molecule has 0 atom stereocenters. The highest BCUT2D eigenvalue weighted by atomic mass is 32.2. The van der Waals surface area contributed by atoms with Gasteiger partial charge < -0.3 is 20.1 Å². The van der Waals surface area contributed by atoms with E-state index < -0.39 is 39.0 Å². The Bertz CT molecular complexity index is 1550. The van der Waals surface area contributed by atoms with Crippen molar-refractivity contribution in [1.29, 1.82) is 0 Å². The first-order valence-corrected chi connectivity index (χ1v) is 28.3. The van der Waals surface area contributed by atoms with Crippen molar-refractivity contribution < 1.29 is 29.6 Å². The second-order valence-corrected chi connectivity index (χ2v) is 26.5. The van der Waals surface area contributed by atoms with Crippen molar-refractivity contribution in [3.8, 4) is 11.5 Å². The maximum atomic E-state index is 14.9. The maximum Gasteiger partial charge on any atom is 0.324 e. The fourth-order valence-corrected chi connectivity index (χ4v) is 11.5. The van der Waals surface area contributed by atoms with Crippen LogP contribution in [0.25, 0.3) is 0 Å². The van der Waals surface area contributed by atoms with Crippen LogP contribution in [0.15, 0.2) is 24.3 Å². The van der Waals surface area contributed by atoms with Crippen molar-refractivity contribution in [2.24, 2.45) is 5.41 Å². The van der Waals surface area contributed by atoms with Gasteiger partial charge in [0.2, 0.25) is 0 Å². The van der Waals surface area contributed by atoms with Gasteiger partial charge in [0, 0.05) is 0 Å². The van der Waals surface area contributed by atoms with Gasteiger partial charge in [-0.15, -0.1) is 0 Å². The van der Waals surface area contributed by atoms with Crippen LogP contribution in [-0.4, -0.2) is 51.1 Å². The zero-order valence-corrected chi connectivity index (χ0v) is 46.0. The molecule has 2 rings (SSSR count). The molecule has 2 aromatic rings. The standard InChI is InChI=1S/C59H100O6S/c1-15-17-19-21-23-25-27-29-31-33-36-66(37-34-32-30-28-26-24-22-20-18-16-2)38-35-65-54(64)59(53(62)63,43-45-39-47(55(3,4)5)51(60)48(40-45)56(6,7)8)44-46-41-49(57(9,10)11)52(61)50(42-46)58(12,13)14/h39-42H,15-38,43-44H2,1-14H3,(H2-,60,61,62,63)/p+1. The van der Waals surface area contributed by atoms with Crippen molar-refractivity contribution in [3.63, 3.8) is 0 Å². The topological polar surface area (TPSA) is 104 Å². The molecule has 66 heavy (non-hydrogen) atoms. The van der Waals surface area contributed by atoms with E-state index in [0.717, 1.165) is 39.5 Å². The Kier molecular flexibility index (Phi) is 25.3. The first kappa shape index (κ1) is 59.5. The summed E-state index contributed by atoms with van der Waals surface area (Å²) in [5.41, 5.74) is 0.501. The number of phenolic OH excluding ortho intramolecular Hbond substituents is 2. The number of ether oxygens (including phenoxy) is 1. The smallest absolute Gasteiger partial charge is 0.324 e. The van der Waals surface area contributed by atoms with E-state index in [9.17, 15) is 24.9 Å². The zero-order valence-electron chi connectivity index (χ0n) is 45.2. The summed E-state index contributed by atoms with van der Waals surface area (Å²) in [6.45, 7) is 29.2. The summed E-state index contributed by atoms with van der Waals surface area (Å²) in [5.74, 6) is 1.48. The molecule has 2 aromatic carbocycles. The van der Waals surface area contributed by atoms with E-state index >= 15 is 0 Å². The number of aliphatic carboxylic acids is 1. The van der Waals surface area contributed by atoms with Crippen LogP contribution < -0.4 is 0 Å². The molecular formula is C59H101O6S+. The molecule has 0 spiro atoms. The van der Waals surface area contributed by atoms with E-state index in [1.54, 1.807) is 0 Å². The van der Waals surface area contributed by atoms with Crippen LogP contribution in [0.2, 0.25) is 0 Å². The number of esters is 1. The van der Waals surface area contributed by atoms with Gasteiger partial charge in [0.25, 0.3) is 0 Å². The molecule has 0 bridgehead atoms. The molecule has 3 N–H and O–H groups in total. The average Bonchev–Trinajstić information content (AvgIpc) is 3.20. The van der Waals surface area contributed by atoms with Gasteiger partial charge in [-0.1, -0.05) is 224 Å². The van der Waals surface area contributed by atoms with E-state index in [4.69, 9.17) is 4.74 Å². The molecule has 0 saturated heterocycles. The summed E-state index contributed by atoms with van der Waals surface area (Å²) < 4.78 is 6.27. The third-order valence-electron chi connectivity index (χ3n) is 13.6. The van der Waals surface area contributed by atoms with Gasteiger partial charge in [-0.25, -0.2) is 0 Å². The van der Waals surface area contributed by atoms with Gasteiger partial charge in [0.15, 0.2) is 5.41 Å². The van der Waals surface area contributed by atoms with Crippen molar-refractivity contribution >= 4 is 22.8 Å². The number of hydrogen-bond acceptors (Lipinski definition) is 5. The minimum Gasteiger partial charge on any atom is -0.507 e. The Morgan fingerprint density at radius 2 is 0.727 bits per heavy atom. The lowest BCUT2D eigenvalue weighted by atomic mass is 9.71. The van der Waals surface area contributed by atoms with Crippen molar-refractivity contribution in [2.45, 2.75) is 260 Å². The molecule has 7 heteroatoms. The predicted molar refractivity (Wildman–Crippen MR) is 285 cm³/mol. The van der Waals surface area contributed by atoms with Gasteiger partial charge >= 0.3 is 11.9 Å². The van der Waals surface area contributed by atoms with Gasteiger partial charge in [0.1, 0.15) is 35.4 Å². The summed E-state index contributed by atoms with van der Waals surface area (Å²) in [6, 6.07) is 7.57. The average molecular weight is 939 g/mol. The molecule has 0 fully saturated rings. The molecule has 0 aliphatic rings. The number of hydrogen-bond donors (Lipinski definition) is 3. The summed E-state index contributed by atoms with van der Waals surface area (Å²) in [5, 5.41) is 34.7. The molecular weight excluding hydrogens is 837 g/mol. The van der Waals surface area contributed by atoms with Crippen molar-refractivity contribution in [2.75, 3.05) is 23.9 Å². The lowest BCUT2D eigenvalue weighted by Gasteiger charge is -2.32. The Morgan fingerprint density at radius 1 is 0.455 bits per heavy atom. The summed E-state index contributed by atoms with van der Waals surface area (Å²) >= 11 is 0. The summed E-state index contributed by atoms with van der Waals surface area (Å²) in [7, 11) is 0.0826. The largest absolute Gasteiger partial charge is 0.507 e. The van der Waals surface area contributed by atoms with E-state index in [1.807, 2.05) is 107 Å². The Balaban J connectivity index is 2.49. The quantitative estimate of drug-likeness (QED) is 0.0301. The molecule has 0 heterocycles. The fraction of sp³-hybridized carbons (Fsp3) is 0.763. The molecule has 0 aliphatic carbocycles. The number of carboxylic acids is 1. The molecule has 0 aromatic heterocycles. The van der Waals surface area contributed by atoms with Crippen LogP contribution in [0, 0.1) is 5.41 Å². The van der Waals surface area contributed by atoms with Crippen molar-refractivity contribution in [3.05, 3.63) is 57.6 Å². The van der Waals surface area contributed by atoms with Crippen LogP contribution in [0.3, 0.4) is 0 Å². The number of phenols is 2. The number of carbonyl (C=O) groups excluding carboxylic acids is 1. The minimum absolute atomic E-state index is 0.0826. The number of unbranched alkanes of at least 4 members (excludes halogenated alkanes) is 18. The minimum atomic E-state index is -1.96. The number of benzene rings is 2. The first-order valence-electron chi connectivity index (χ1n) is 26.6. The van der Waals surface area contributed by atoms with Crippen molar-refractivity contribution in [1.82, 2.24) is 0 Å². The van der Waals surface area contributed by atoms with Crippen LogP contribution in [-0.2, 0) is 59.7 Å². The molecule has 378 valence electrons. The fourth-order valence-electron chi connectivity index (χ4n) is 9.31. The van der Waals surface area contributed by atoms with Gasteiger partial charge in [-0.05, 0) is 104 Å². The molecule has 0 radical (unpaired) electrons. The van der Waals surface area contributed by atoms with Gasteiger partial charge in [-0.3, -0.25) is 9.59 Å². The Hall–Kier alpha value is -2.67. The highest BCUT2D eigenvalue weighted by Crippen LogP contribution is 2.44. The van der Waals surface area contributed by atoms with Crippen LogP contribution >= 0.6 is 0 Å². The number of carbonyl (C=O) groups is 2. The number of aromatic hydroxyl groups is 2. The van der Waals surface area contributed by atoms with Gasteiger partial charge in [0.05, 0.1) is 0 Å². The highest BCUT2D eigenvalue weighted by Gasteiger charge is 2.49. The highest BCUT2D eigenvalue weighted by molar-refractivity contribution is 7.96. The number of carboxylic acid groups (broad SMARTS) is 1. The first-order chi connectivity index (χ1) is 30.8. The lowest BCUT2D eigenvalue weighted by molar-refractivity contribution is -0.168. The second-order valence-electron chi connectivity index (χ2n) is 24.0. The zero-order chi connectivity index (χ0) is 49.8. The van der Waals surface area contributed by atoms with Crippen LogP contribution in [0.4, 0.5) is 0 Å². The normalized spacial score (nSPS) is 12.9. The summed E-state index contributed by atoms with van der Waals surface area (Å²) in [4.78, 5) is 29.0. The predicted octanol–water partition coefficient (Wildman–Crippen LogP) is 16.1. The Morgan fingerprint density at radius 3 is 0.985 bits per heavy atom. The van der Waals surface area contributed by atoms with E-state index in [1.165, 1.54) is 128 Å². The molecule has 6 nitrogen and oxygen atoms in total. The van der Waals surface area contributed by atoms with Gasteiger partial charge in [-0.2, -0.15) is 0 Å². The third-order valence-corrected chi connectivity index (χ3v) is 16.0. The SMILES string of the molecule is CCCCCCCCCCCC[S+](CCCCCCCCCCCC)CCOC(=O)C(Cc1cc(C(C)(C)C)c(O)c(C(C)(C)C)c1)(Cc1cc(C(C)(C)C)c(O)c(C(C)(C)C)c1)C(=O)O. The van der Waals surface area contributed by atoms with Crippen LogP contribution in [0.1, 0.15) is 259 Å². The number of rotatable bonds is 31. The van der Waals surface area contributed by atoms with E-state index in [0.29, 0.717) is 11.1 Å². The second kappa shape index (κ2) is 28.1. The molecule has 0 amide bonds. The summed E-state index contributed by atoms with van der Waals surface area (Å²) in [6.07, 6.45) is 25.8. The third kappa shape index (κ3) is 20.1. The van der Waals surface area contributed by atoms with Crippen LogP contribution in [0.5, 0.6) is 11.5 Å². The monoisotopic (exact) mass is 938 g/mol. The maximum absolute atomic E-state index is 14.9. The van der Waals surface area contributed by atoms with E-state index in [-0.39, 0.29) is 41.8 Å². The lowest BCUT2D eigenvalue weighted by Crippen LogP contribution is -2.45.